The van der Waals surface area contributed by atoms with Gasteiger partial charge in [0.1, 0.15) is 0 Å². The summed E-state index contributed by atoms with van der Waals surface area (Å²) in [6, 6.07) is 0. The van der Waals surface area contributed by atoms with E-state index in [0.29, 0.717) is 18.9 Å². The maximum absolute atomic E-state index is 12.0. The number of rotatable bonds is 27. The van der Waals surface area contributed by atoms with Crippen LogP contribution in [0.25, 0.3) is 0 Å². The monoisotopic (exact) mass is 508 g/mol. The molecule has 0 radical (unpaired) electrons. The van der Waals surface area contributed by atoms with Crippen molar-refractivity contribution in [1.29, 1.82) is 0 Å². The van der Waals surface area contributed by atoms with Crippen LogP contribution in [0.4, 0.5) is 0 Å². The van der Waals surface area contributed by atoms with Crippen molar-refractivity contribution in [1.82, 2.24) is 4.90 Å². The van der Waals surface area contributed by atoms with Crippen LogP contribution in [0.1, 0.15) is 162 Å². The Labute approximate surface area is 226 Å². The first kappa shape index (κ1) is 33.5. The average molecular weight is 508 g/mol. The normalized spacial score (nSPS) is 18.0. The Balaban J connectivity index is 1.93. The Hall–Kier alpha value is -0.570. The molecule has 3 atom stereocenters. The molecular formula is C33H65NO2. The van der Waals surface area contributed by atoms with Crippen molar-refractivity contribution in [2.45, 2.75) is 162 Å². The van der Waals surface area contributed by atoms with Gasteiger partial charge in [-0.1, -0.05) is 136 Å². The lowest BCUT2D eigenvalue weighted by molar-refractivity contribution is -0.144. The van der Waals surface area contributed by atoms with Crippen molar-refractivity contribution in [2.24, 2.45) is 17.8 Å². The molecule has 0 N–H and O–H groups in total. The topological polar surface area (TPSA) is 29.5 Å². The number of hydrogen-bond donors (Lipinski definition) is 0. The number of ether oxygens (including phenoxy) is 1. The van der Waals surface area contributed by atoms with Crippen molar-refractivity contribution >= 4 is 5.97 Å². The molecule has 0 saturated heterocycles. The van der Waals surface area contributed by atoms with Crippen LogP contribution < -0.4 is 0 Å². The number of esters is 1. The van der Waals surface area contributed by atoms with E-state index in [2.05, 4.69) is 32.8 Å². The van der Waals surface area contributed by atoms with Gasteiger partial charge in [0.2, 0.25) is 0 Å². The third kappa shape index (κ3) is 20.5. The zero-order valence-electron chi connectivity index (χ0n) is 25.2. The lowest BCUT2D eigenvalue weighted by atomic mass is 9.91. The van der Waals surface area contributed by atoms with Gasteiger partial charge in [-0.2, -0.15) is 0 Å². The molecule has 0 amide bonds. The molecule has 0 aromatic carbocycles. The Bertz CT molecular complexity index is 492. The Morgan fingerprint density at radius 3 is 1.78 bits per heavy atom. The van der Waals surface area contributed by atoms with Gasteiger partial charge in [-0.25, -0.2) is 0 Å². The molecule has 1 fully saturated rings. The van der Waals surface area contributed by atoms with E-state index in [-0.39, 0.29) is 5.97 Å². The largest absolute Gasteiger partial charge is 0.465 e. The van der Waals surface area contributed by atoms with E-state index >= 15 is 0 Å². The van der Waals surface area contributed by atoms with Gasteiger partial charge >= 0.3 is 5.97 Å². The van der Waals surface area contributed by atoms with Gasteiger partial charge in [-0.3, -0.25) is 4.79 Å². The Morgan fingerprint density at radius 2 is 1.22 bits per heavy atom. The summed E-state index contributed by atoms with van der Waals surface area (Å²) in [5, 5.41) is 0. The van der Waals surface area contributed by atoms with Crippen molar-refractivity contribution in [3.05, 3.63) is 0 Å². The van der Waals surface area contributed by atoms with Crippen LogP contribution in [0.3, 0.4) is 0 Å². The Morgan fingerprint density at radius 1 is 0.694 bits per heavy atom. The fourth-order valence-corrected chi connectivity index (χ4v) is 5.63. The van der Waals surface area contributed by atoms with Crippen LogP contribution in [0, 0.1) is 17.8 Å². The lowest BCUT2D eigenvalue weighted by Gasteiger charge is -2.19. The summed E-state index contributed by atoms with van der Waals surface area (Å²) < 4.78 is 5.51. The van der Waals surface area contributed by atoms with E-state index in [1.54, 1.807) is 0 Å². The number of carbonyl (C=O) groups is 1. The molecule has 0 aliphatic heterocycles. The van der Waals surface area contributed by atoms with Crippen molar-refractivity contribution < 1.29 is 9.53 Å². The third-order valence-corrected chi connectivity index (χ3v) is 8.40. The summed E-state index contributed by atoms with van der Waals surface area (Å²) in [4.78, 5) is 14.3. The number of nitrogens with zero attached hydrogens (tertiary/aromatic N) is 1. The van der Waals surface area contributed by atoms with Crippen LogP contribution >= 0.6 is 0 Å². The molecule has 0 aromatic rings. The van der Waals surface area contributed by atoms with Crippen molar-refractivity contribution in [3.63, 3.8) is 0 Å². The molecule has 0 spiro atoms. The van der Waals surface area contributed by atoms with Gasteiger partial charge in [0.05, 0.1) is 6.61 Å². The van der Waals surface area contributed by atoms with Crippen molar-refractivity contribution in [3.8, 4) is 0 Å². The van der Waals surface area contributed by atoms with E-state index in [9.17, 15) is 4.79 Å². The number of unbranched alkanes of at least 4 members (excludes halogenated alkanes) is 14. The number of hydrogen-bond acceptors (Lipinski definition) is 3. The standard InChI is InChI=1S/C33H65NO2/c1-5-7-9-10-13-16-19-22-30(26-27-34(3)4)23-20-17-14-11-12-15-18-21-25-33(35)36-29-32-28-31(32)24-8-6-2/h30-32H,5-29H2,1-4H3. The lowest BCUT2D eigenvalue weighted by Crippen LogP contribution is -2.17. The molecule has 3 nitrogen and oxygen atoms in total. The highest BCUT2D eigenvalue weighted by Crippen LogP contribution is 2.42. The van der Waals surface area contributed by atoms with E-state index < -0.39 is 0 Å². The van der Waals surface area contributed by atoms with Crippen LogP contribution in [0.5, 0.6) is 0 Å². The van der Waals surface area contributed by atoms with Gasteiger partial charge in [0.15, 0.2) is 0 Å². The van der Waals surface area contributed by atoms with Gasteiger partial charge in [0, 0.05) is 6.42 Å². The van der Waals surface area contributed by atoms with Crippen LogP contribution in [0.15, 0.2) is 0 Å². The summed E-state index contributed by atoms with van der Waals surface area (Å²) in [5.41, 5.74) is 0. The van der Waals surface area contributed by atoms with Crippen LogP contribution in [0.2, 0.25) is 0 Å². The zero-order chi connectivity index (χ0) is 26.3. The summed E-state index contributed by atoms with van der Waals surface area (Å²) in [5.74, 6) is 2.48. The summed E-state index contributed by atoms with van der Waals surface area (Å²) >= 11 is 0. The molecule has 3 heteroatoms. The zero-order valence-corrected chi connectivity index (χ0v) is 25.2. The molecule has 214 valence electrons. The average Bonchev–Trinajstić information content (AvgIpc) is 3.62. The maximum atomic E-state index is 12.0. The quantitative estimate of drug-likeness (QED) is 0.0818. The highest BCUT2D eigenvalue weighted by atomic mass is 16.5. The molecule has 0 bridgehead atoms. The minimum atomic E-state index is 0.0384. The first-order valence-electron chi connectivity index (χ1n) is 16.4. The molecule has 36 heavy (non-hydrogen) atoms. The summed E-state index contributed by atoms with van der Waals surface area (Å²) in [6.45, 7) is 6.48. The van der Waals surface area contributed by atoms with Gasteiger partial charge < -0.3 is 9.64 Å². The van der Waals surface area contributed by atoms with Crippen molar-refractivity contribution in [2.75, 3.05) is 27.2 Å². The van der Waals surface area contributed by atoms with E-state index in [4.69, 9.17) is 4.74 Å². The van der Waals surface area contributed by atoms with E-state index in [1.165, 1.54) is 141 Å². The predicted molar refractivity (Wildman–Crippen MR) is 158 cm³/mol. The summed E-state index contributed by atoms with van der Waals surface area (Å²) in [6.07, 6.45) is 30.5. The summed E-state index contributed by atoms with van der Waals surface area (Å²) in [7, 11) is 4.43. The van der Waals surface area contributed by atoms with Gasteiger partial charge in [-0.05, 0) is 57.7 Å². The van der Waals surface area contributed by atoms with Gasteiger partial charge in [-0.15, -0.1) is 0 Å². The van der Waals surface area contributed by atoms with Gasteiger partial charge in [0.25, 0.3) is 0 Å². The molecule has 1 aliphatic carbocycles. The molecule has 0 aromatic heterocycles. The second-order valence-electron chi connectivity index (χ2n) is 12.3. The second kappa shape index (κ2) is 23.5. The predicted octanol–water partition coefficient (Wildman–Crippen LogP) is 9.97. The minimum Gasteiger partial charge on any atom is -0.465 e. The second-order valence-corrected chi connectivity index (χ2v) is 12.3. The first-order valence-corrected chi connectivity index (χ1v) is 16.4. The molecule has 1 aliphatic rings. The molecule has 0 heterocycles. The first-order chi connectivity index (χ1) is 17.6. The number of carbonyl (C=O) groups excluding carboxylic acids is 1. The SMILES string of the molecule is CCCCCCCCCC(CCCCCCCCCCC(=O)OCC1CC1CCCC)CCN(C)C. The highest BCUT2D eigenvalue weighted by Gasteiger charge is 2.36. The smallest absolute Gasteiger partial charge is 0.305 e. The third-order valence-electron chi connectivity index (χ3n) is 8.40. The Kier molecular flexibility index (Phi) is 21.9. The fourth-order valence-electron chi connectivity index (χ4n) is 5.63. The highest BCUT2D eigenvalue weighted by molar-refractivity contribution is 5.69. The molecule has 1 rings (SSSR count). The fraction of sp³-hybridized carbons (Fsp3) is 0.970. The minimum absolute atomic E-state index is 0.0384. The van der Waals surface area contributed by atoms with Crippen LogP contribution in [-0.2, 0) is 9.53 Å². The molecule has 1 saturated carbocycles. The molecular weight excluding hydrogens is 442 g/mol. The van der Waals surface area contributed by atoms with E-state index in [1.807, 2.05) is 0 Å². The van der Waals surface area contributed by atoms with E-state index in [0.717, 1.165) is 18.3 Å². The van der Waals surface area contributed by atoms with Crippen LogP contribution in [-0.4, -0.2) is 38.1 Å². The molecule has 3 unspecified atom stereocenters. The maximum Gasteiger partial charge on any atom is 0.305 e.